The molecule has 90 valence electrons. The first-order valence-electron chi connectivity index (χ1n) is 5.15. The maximum absolute atomic E-state index is 11.0. The van der Waals surface area contributed by atoms with E-state index in [2.05, 4.69) is 10.1 Å². The molecule has 18 heavy (non-hydrogen) atoms. The predicted molar refractivity (Wildman–Crippen MR) is 69.7 cm³/mol. The second-order valence-corrected chi connectivity index (χ2v) is 4.74. The van der Waals surface area contributed by atoms with Gasteiger partial charge in [0.25, 0.3) is 5.91 Å². The number of anilines is 1. The first-order valence-corrected chi connectivity index (χ1v) is 5.97. The molecule has 3 rings (SSSR count). The molecular weight excluding hydrogens is 250 g/mol. The summed E-state index contributed by atoms with van der Waals surface area (Å²) < 4.78 is 2.50. The van der Waals surface area contributed by atoms with Gasteiger partial charge in [0.05, 0.1) is 10.2 Å². The second-order valence-electron chi connectivity index (χ2n) is 3.73. The minimum atomic E-state index is -0.556. The zero-order chi connectivity index (χ0) is 12.7. The van der Waals surface area contributed by atoms with Crippen molar-refractivity contribution in [1.82, 2.24) is 14.8 Å². The molecule has 2 heterocycles. The van der Waals surface area contributed by atoms with E-state index in [1.807, 2.05) is 12.1 Å². The molecule has 1 amide bonds. The molecule has 0 saturated carbocycles. The summed E-state index contributed by atoms with van der Waals surface area (Å²) in [4.78, 5) is 15.4. The molecule has 0 aliphatic heterocycles. The first-order chi connectivity index (χ1) is 8.63. The molecule has 0 aliphatic carbocycles. The Morgan fingerprint density at radius 2 is 2.17 bits per heavy atom. The number of nitrogens with zero attached hydrogens (tertiary/aromatic N) is 3. The summed E-state index contributed by atoms with van der Waals surface area (Å²) in [7, 11) is 0. The zero-order valence-corrected chi connectivity index (χ0v) is 10.0. The smallest absolute Gasteiger partial charge is 0.269 e. The Morgan fingerprint density at radius 1 is 1.33 bits per heavy atom. The Morgan fingerprint density at radius 3 is 2.89 bits per heavy atom. The summed E-state index contributed by atoms with van der Waals surface area (Å²) in [5, 5.41) is 4.73. The average Bonchev–Trinajstić information content (AvgIpc) is 2.93. The normalized spacial score (nSPS) is 10.9. The molecule has 0 fully saturated rings. The quantitative estimate of drug-likeness (QED) is 0.674. The minimum absolute atomic E-state index is 0.216. The number of carbonyl (C=O) groups is 1. The molecule has 0 saturated heterocycles. The van der Waals surface area contributed by atoms with Gasteiger partial charge in [0.2, 0.25) is 5.13 Å². The highest BCUT2D eigenvalue weighted by atomic mass is 32.1. The summed E-state index contributed by atoms with van der Waals surface area (Å²) in [6.07, 6.45) is 1.65. The number of aromatic nitrogens is 3. The van der Waals surface area contributed by atoms with E-state index >= 15 is 0 Å². The molecule has 0 radical (unpaired) electrons. The number of amides is 1. The molecule has 0 unspecified atom stereocenters. The van der Waals surface area contributed by atoms with Gasteiger partial charge in [0, 0.05) is 11.9 Å². The van der Waals surface area contributed by atoms with E-state index in [1.165, 1.54) is 16.0 Å². The van der Waals surface area contributed by atoms with Gasteiger partial charge < -0.3 is 11.5 Å². The molecule has 0 bridgehead atoms. The van der Waals surface area contributed by atoms with E-state index in [9.17, 15) is 4.79 Å². The summed E-state index contributed by atoms with van der Waals surface area (Å²) >= 11 is 1.45. The largest absolute Gasteiger partial charge is 0.399 e. The number of hydrogen-bond acceptors (Lipinski definition) is 5. The molecule has 1 aromatic carbocycles. The standard InChI is InChI=1S/C11H9N5OS/c12-6-1-2-7-9(5-6)18-11(14-7)16-4-3-8(15-16)10(13)17/h1-5H,12H2,(H2,13,17). The van der Waals surface area contributed by atoms with Crippen molar-refractivity contribution in [2.45, 2.75) is 0 Å². The number of carbonyl (C=O) groups excluding carboxylic acids is 1. The van der Waals surface area contributed by atoms with Crippen LogP contribution in [0.25, 0.3) is 15.3 Å². The van der Waals surface area contributed by atoms with Gasteiger partial charge in [-0.3, -0.25) is 4.79 Å². The Balaban J connectivity index is 2.10. The number of thiazole rings is 1. The van der Waals surface area contributed by atoms with E-state index in [4.69, 9.17) is 11.5 Å². The van der Waals surface area contributed by atoms with Crippen molar-refractivity contribution in [1.29, 1.82) is 0 Å². The van der Waals surface area contributed by atoms with E-state index in [1.54, 1.807) is 18.3 Å². The van der Waals surface area contributed by atoms with E-state index in [0.717, 1.165) is 10.2 Å². The molecular formula is C11H9N5OS. The number of primary amides is 1. The number of benzene rings is 1. The fraction of sp³-hybridized carbons (Fsp3) is 0. The molecule has 3 aromatic rings. The van der Waals surface area contributed by atoms with Gasteiger partial charge in [-0.15, -0.1) is 0 Å². The van der Waals surface area contributed by atoms with Crippen molar-refractivity contribution in [2.75, 3.05) is 5.73 Å². The average molecular weight is 259 g/mol. The Bertz CT molecular complexity index is 745. The van der Waals surface area contributed by atoms with Crippen molar-refractivity contribution in [3.05, 3.63) is 36.2 Å². The van der Waals surface area contributed by atoms with Gasteiger partial charge >= 0.3 is 0 Å². The van der Waals surface area contributed by atoms with Crippen LogP contribution in [0, 0.1) is 0 Å². The van der Waals surface area contributed by atoms with Crippen LogP contribution in [0.3, 0.4) is 0 Å². The maximum Gasteiger partial charge on any atom is 0.269 e. The highest BCUT2D eigenvalue weighted by Crippen LogP contribution is 2.26. The Hall–Kier alpha value is -2.41. The van der Waals surface area contributed by atoms with Gasteiger partial charge in [0.1, 0.15) is 5.69 Å². The molecule has 0 aliphatic rings. The van der Waals surface area contributed by atoms with E-state index in [0.29, 0.717) is 10.8 Å². The third kappa shape index (κ3) is 1.70. The fourth-order valence-corrected chi connectivity index (χ4v) is 2.54. The van der Waals surface area contributed by atoms with Crippen molar-refractivity contribution >= 4 is 33.1 Å². The fourth-order valence-electron chi connectivity index (χ4n) is 1.59. The summed E-state index contributed by atoms with van der Waals surface area (Å²) in [5.74, 6) is -0.556. The lowest BCUT2D eigenvalue weighted by molar-refractivity contribution is 0.0995. The van der Waals surface area contributed by atoms with Crippen LogP contribution in [0.4, 0.5) is 5.69 Å². The Labute approximate surface area is 106 Å². The van der Waals surface area contributed by atoms with Crippen molar-refractivity contribution in [3.8, 4) is 5.13 Å². The molecule has 0 atom stereocenters. The molecule has 0 spiro atoms. The first kappa shape index (κ1) is 10.7. The van der Waals surface area contributed by atoms with Crippen LogP contribution >= 0.6 is 11.3 Å². The third-order valence-corrected chi connectivity index (χ3v) is 3.45. The van der Waals surface area contributed by atoms with Gasteiger partial charge in [0.15, 0.2) is 0 Å². The van der Waals surface area contributed by atoms with Crippen molar-refractivity contribution in [2.24, 2.45) is 5.73 Å². The Kier molecular flexibility index (Phi) is 2.27. The van der Waals surface area contributed by atoms with E-state index < -0.39 is 5.91 Å². The summed E-state index contributed by atoms with van der Waals surface area (Å²) in [6, 6.07) is 7.06. The van der Waals surface area contributed by atoms with Crippen molar-refractivity contribution < 1.29 is 4.79 Å². The van der Waals surface area contributed by atoms with E-state index in [-0.39, 0.29) is 5.69 Å². The zero-order valence-electron chi connectivity index (χ0n) is 9.20. The summed E-state index contributed by atoms with van der Waals surface area (Å²) in [5.41, 5.74) is 12.6. The van der Waals surface area contributed by atoms with Crippen LogP contribution in [0.2, 0.25) is 0 Å². The van der Waals surface area contributed by atoms with Crippen LogP contribution in [0.5, 0.6) is 0 Å². The number of nitrogens with two attached hydrogens (primary N) is 2. The topological polar surface area (TPSA) is 99.8 Å². The van der Waals surface area contributed by atoms with Crippen LogP contribution < -0.4 is 11.5 Å². The second kappa shape index (κ2) is 3.81. The van der Waals surface area contributed by atoms with Crippen LogP contribution in [0.1, 0.15) is 10.5 Å². The van der Waals surface area contributed by atoms with Gasteiger partial charge in [-0.1, -0.05) is 11.3 Å². The highest BCUT2D eigenvalue weighted by Gasteiger charge is 2.10. The number of rotatable bonds is 2. The lowest BCUT2D eigenvalue weighted by Crippen LogP contribution is -2.12. The lowest BCUT2D eigenvalue weighted by atomic mass is 10.3. The minimum Gasteiger partial charge on any atom is -0.399 e. The summed E-state index contributed by atoms with van der Waals surface area (Å²) in [6.45, 7) is 0. The molecule has 7 heteroatoms. The predicted octanol–water partition coefficient (Wildman–Crippen LogP) is 1.16. The van der Waals surface area contributed by atoms with Gasteiger partial charge in [-0.25, -0.2) is 9.67 Å². The monoisotopic (exact) mass is 259 g/mol. The number of fused-ring (bicyclic) bond motifs is 1. The molecule has 6 nitrogen and oxygen atoms in total. The van der Waals surface area contributed by atoms with Crippen LogP contribution in [0.15, 0.2) is 30.5 Å². The van der Waals surface area contributed by atoms with Gasteiger partial charge in [-0.2, -0.15) is 5.10 Å². The number of nitrogen functional groups attached to an aromatic ring is 1. The molecule has 4 N–H and O–H groups in total. The highest BCUT2D eigenvalue weighted by molar-refractivity contribution is 7.20. The van der Waals surface area contributed by atoms with Crippen LogP contribution in [-0.2, 0) is 0 Å². The maximum atomic E-state index is 11.0. The molecule has 2 aromatic heterocycles. The van der Waals surface area contributed by atoms with Crippen molar-refractivity contribution in [3.63, 3.8) is 0 Å². The van der Waals surface area contributed by atoms with Gasteiger partial charge in [-0.05, 0) is 24.3 Å². The SMILES string of the molecule is NC(=O)c1ccn(-c2nc3ccc(N)cc3s2)n1. The number of hydrogen-bond donors (Lipinski definition) is 2. The third-order valence-electron chi connectivity index (χ3n) is 2.44. The lowest BCUT2D eigenvalue weighted by Gasteiger charge is -1.91. The van der Waals surface area contributed by atoms with Crippen LogP contribution in [-0.4, -0.2) is 20.7 Å².